The van der Waals surface area contributed by atoms with Gasteiger partial charge in [0.15, 0.2) is 6.61 Å². The minimum atomic E-state index is -2.94. The lowest BCUT2D eigenvalue weighted by Crippen LogP contribution is -2.20. The number of anilines is 1. The van der Waals surface area contributed by atoms with E-state index in [4.69, 9.17) is 4.74 Å². The molecule has 1 N–H and O–H groups in total. The predicted octanol–water partition coefficient (Wildman–Crippen LogP) is 3.06. The first-order valence-corrected chi connectivity index (χ1v) is 9.23. The van der Waals surface area contributed by atoms with Crippen molar-refractivity contribution in [2.75, 3.05) is 26.1 Å². The number of rotatable bonds is 9. The van der Waals surface area contributed by atoms with E-state index in [9.17, 15) is 28.0 Å². The zero-order valence-corrected chi connectivity index (χ0v) is 17.5. The Hall–Kier alpha value is -4.28. The Bertz CT molecular complexity index is 1020. The second kappa shape index (κ2) is 11.9. The fourth-order valence-electron chi connectivity index (χ4n) is 2.48. The number of hydrogen-bond donors (Lipinski definition) is 1. The predicted molar refractivity (Wildman–Crippen MR) is 111 cm³/mol. The molecular weight excluding hydrogens is 444 g/mol. The van der Waals surface area contributed by atoms with Gasteiger partial charge in [-0.25, -0.2) is 14.4 Å². The van der Waals surface area contributed by atoms with Gasteiger partial charge in [0.05, 0.1) is 25.3 Å². The Morgan fingerprint density at radius 3 is 2.03 bits per heavy atom. The number of nitrogens with one attached hydrogen (secondary N) is 1. The Balaban J connectivity index is 1.95. The zero-order valence-electron chi connectivity index (χ0n) is 17.5. The Morgan fingerprint density at radius 2 is 1.52 bits per heavy atom. The summed E-state index contributed by atoms with van der Waals surface area (Å²) < 4.78 is 42.5. The molecule has 0 atom stereocenters. The highest BCUT2D eigenvalue weighted by Gasteiger charge is 2.15. The number of amides is 1. The van der Waals surface area contributed by atoms with Gasteiger partial charge in [-0.15, -0.1) is 0 Å². The maximum absolute atomic E-state index is 12.1. The second-order valence-corrected chi connectivity index (χ2v) is 6.22. The number of halogens is 2. The number of ether oxygens (including phenoxy) is 4. The smallest absolute Gasteiger partial charge is 0.387 e. The lowest BCUT2D eigenvalue weighted by Gasteiger charge is -2.09. The number of hydrogen-bond acceptors (Lipinski definition) is 8. The van der Waals surface area contributed by atoms with Crippen molar-refractivity contribution in [3.63, 3.8) is 0 Å². The van der Waals surface area contributed by atoms with E-state index in [1.807, 2.05) is 0 Å². The first-order valence-electron chi connectivity index (χ1n) is 9.23. The first-order chi connectivity index (χ1) is 15.7. The van der Waals surface area contributed by atoms with Crippen LogP contribution in [0.4, 0.5) is 14.5 Å². The lowest BCUT2D eigenvalue weighted by molar-refractivity contribution is -0.142. The van der Waals surface area contributed by atoms with Crippen molar-refractivity contribution < 1.29 is 46.9 Å². The Kier molecular flexibility index (Phi) is 9.04. The van der Waals surface area contributed by atoms with Gasteiger partial charge < -0.3 is 24.3 Å². The third-order valence-electron chi connectivity index (χ3n) is 3.92. The fourth-order valence-corrected chi connectivity index (χ4v) is 2.48. The molecule has 1 amide bonds. The molecule has 0 spiro atoms. The molecule has 0 radical (unpaired) electrons. The minimum Gasteiger partial charge on any atom is -0.465 e. The molecule has 0 aromatic heterocycles. The maximum Gasteiger partial charge on any atom is 0.387 e. The third-order valence-corrected chi connectivity index (χ3v) is 3.92. The monoisotopic (exact) mass is 463 g/mol. The highest BCUT2D eigenvalue weighted by Crippen LogP contribution is 2.18. The topological polar surface area (TPSA) is 117 Å². The molecule has 174 valence electrons. The number of carbonyl (C=O) groups is 4. The van der Waals surface area contributed by atoms with Crippen LogP contribution in [-0.2, 0) is 23.8 Å². The molecule has 0 unspecified atom stereocenters. The summed E-state index contributed by atoms with van der Waals surface area (Å²) in [6.45, 7) is -3.59. The quantitative estimate of drug-likeness (QED) is 0.343. The summed E-state index contributed by atoms with van der Waals surface area (Å²) >= 11 is 0. The van der Waals surface area contributed by atoms with Crippen LogP contribution in [-0.4, -0.2) is 51.3 Å². The van der Waals surface area contributed by atoms with Gasteiger partial charge in [0.1, 0.15) is 5.75 Å². The van der Waals surface area contributed by atoms with Gasteiger partial charge in [-0.05, 0) is 42.0 Å². The van der Waals surface area contributed by atoms with Crippen molar-refractivity contribution in [1.82, 2.24) is 0 Å². The number of carbonyl (C=O) groups excluding carboxylic acids is 4. The van der Waals surface area contributed by atoms with E-state index >= 15 is 0 Å². The summed E-state index contributed by atoms with van der Waals surface area (Å²) in [6.07, 6.45) is 2.40. The first kappa shape index (κ1) is 25.0. The van der Waals surface area contributed by atoms with Crippen LogP contribution in [0, 0.1) is 0 Å². The van der Waals surface area contributed by atoms with E-state index in [2.05, 4.69) is 19.5 Å². The fraction of sp³-hybridized carbons (Fsp3) is 0.182. The SMILES string of the molecule is COC(=O)c1cc(NC(=O)COC(=O)/C=C/c2ccc(OC(F)F)cc2)cc(C(=O)OC)c1. The summed E-state index contributed by atoms with van der Waals surface area (Å²) in [4.78, 5) is 47.5. The highest BCUT2D eigenvalue weighted by atomic mass is 19.3. The van der Waals surface area contributed by atoms with Crippen molar-refractivity contribution in [1.29, 1.82) is 0 Å². The van der Waals surface area contributed by atoms with Gasteiger partial charge >= 0.3 is 24.5 Å². The van der Waals surface area contributed by atoms with Gasteiger partial charge in [-0.1, -0.05) is 12.1 Å². The number of esters is 3. The molecule has 2 rings (SSSR count). The summed E-state index contributed by atoms with van der Waals surface area (Å²) in [5, 5.41) is 2.40. The molecular formula is C22H19F2NO8. The molecule has 33 heavy (non-hydrogen) atoms. The highest BCUT2D eigenvalue weighted by molar-refractivity contribution is 6.00. The van der Waals surface area contributed by atoms with Crippen LogP contribution in [0.3, 0.4) is 0 Å². The summed E-state index contributed by atoms with van der Waals surface area (Å²) in [7, 11) is 2.31. The normalized spacial score (nSPS) is 10.6. The minimum absolute atomic E-state index is 0.000552. The Morgan fingerprint density at radius 1 is 0.939 bits per heavy atom. The molecule has 0 saturated heterocycles. The number of benzene rings is 2. The van der Waals surface area contributed by atoms with E-state index in [1.54, 1.807) is 0 Å². The zero-order chi connectivity index (χ0) is 24.4. The van der Waals surface area contributed by atoms with Gasteiger partial charge in [0.2, 0.25) is 0 Å². The maximum atomic E-state index is 12.1. The van der Waals surface area contributed by atoms with Gasteiger partial charge in [0, 0.05) is 11.8 Å². The van der Waals surface area contributed by atoms with Crippen molar-refractivity contribution in [3.8, 4) is 5.75 Å². The van der Waals surface area contributed by atoms with Crippen LogP contribution in [0.5, 0.6) is 5.75 Å². The molecule has 0 aliphatic rings. The van der Waals surface area contributed by atoms with Crippen molar-refractivity contribution in [2.45, 2.75) is 6.61 Å². The molecule has 2 aromatic carbocycles. The Labute approximate surface area is 186 Å². The van der Waals surface area contributed by atoms with Crippen LogP contribution < -0.4 is 10.1 Å². The largest absolute Gasteiger partial charge is 0.465 e. The van der Waals surface area contributed by atoms with Crippen LogP contribution in [0.25, 0.3) is 6.08 Å². The molecule has 0 saturated carbocycles. The van der Waals surface area contributed by atoms with Crippen LogP contribution in [0.15, 0.2) is 48.5 Å². The standard InChI is InChI=1S/C22H19F2NO8/c1-30-20(28)14-9-15(21(29)31-2)11-16(10-14)25-18(26)12-32-19(27)8-5-13-3-6-17(7-4-13)33-22(23)24/h3-11,22H,12H2,1-2H3,(H,25,26)/b8-5+. The van der Waals surface area contributed by atoms with Crippen molar-refractivity contribution in [2.24, 2.45) is 0 Å². The molecule has 0 aliphatic heterocycles. The average molecular weight is 463 g/mol. The van der Waals surface area contributed by atoms with E-state index in [-0.39, 0.29) is 22.6 Å². The summed E-state index contributed by atoms with van der Waals surface area (Å²) in [6, 6.07) is 9.29. The molecule has 0 fully saturated rings. The molecule has 0 bridgehead atoms. The summed E-state index contributed by atoms with van der Waals surface area (Å²) in [5.74, 6) is -3.07. The molecule has 2 aromatic rings. The number of alkyl halides is 2. The molecule has 11 heteroatoms. The van der Waals surface area contributed by atoms with Crippen LogP contribution >= 0.6 is 0 Å². The molecule has 9 nitrogen and oxygen atoms in total. The number of methoxy groups -OCH3 is 2. The molecule has 0 aliphatic carbocycles. The second-order valence-electron chi connectivity index (χ2n) is 6.22. The van der Waals surface area contributed by atoms with Gasteiger partial charge in [-0.2, -0.15) is 8.78 Å². The van der Waals surface area contributed by atoms with E-state index in [0.717, 1.165) is 20.3 Å². The average Bonchev–Trinajstić information content (AvgIpc) is 2.80. The van der Waals surface area contributed by atoms with E-state index in [1.165, 1.54) is 48.5 Å². The van der Waals surface area contributed by atoms with Crippen LogP contribution in [0.1, 0.15) is 26.3 Å². The van der Waals surface area contributed by atoms with Gasteiger partial charge in [-0.3, -0.25) is 4.79 Å². The molecule has 0 heterocycles. The van der Waals surface area contributed by atoms with Gasteiger partial charge in [0.25, 0.3) is 5.91 Å². The van der Waals surface area contributed by atoms with E-state index < -0.39 is 37.0 Å². The third kappa shape index (κ3) is 8.05. The summed E-state index contributed by atoms with van der Waals surface area (Å²) in [5.41, 5.74) is 0.593. The lowest BCUT2D eigenvalue weighted by atomic mass is 10.1. The van der Waals surface area contributed by atoms with Crippen molar-refractivity contribution in [3.05, 3.63) is 65.2 Å². The van der Waals surface area contributed by atoms with E-state index in [0.29, 0.717) is 5.56 Å². The van der Waals surface area contributed by atoms with Crippen molar-refractivity contribution >= 4 is 35.6 Å². The van der Waals surface area contributed by atoms with Crippen LogP contribution in [0.2, 0.25) is 0 Å².